The summed E-state index contributed by atoms with van der Waals surface area (Å²) in [5.74, 6) is -0.986. The Bertz CT molecular complexity index is 890. The van der Waals surface area contributed by atoms with Crippen LogP contribution < -0.4 is 5.32 Å². The predicted molar refractivity (Wildman–Crippen MR) is 86.5 cm³/mol. The van der Waals surface area contributed by atoms with E-state index >= 15 is 0 Å². The number of carbonyl (C=O) groups excluding carboxylic acids is 1. The molecule has 11 heteroatoms. The monoisotopic (exact) mass is 391 g/mol. The Balaban J connectivity index is 1.70. The third-order valence-electron chi connectivity index (χ3n) is 3.04. The van der Waals surface area contributed by atoms with Crippen molar-refractivity contribution in [2.75, 3.05) is 5.32 Å². The molecule has 0 saturated heterocycles. The van der Waals surface area contributed by atoms with Crippen molar-refractivity contribution in [1.82, 2.24) is 25.0 Å². The minimum atomic E-state index is -0.680. The average molecular weight is 392 g/mol. The lowest BCUT2D eigenvalue weighted by Gasteiger charge is -2.00. The van der Waals surface area contributed by atoms with E-state index in [1.54, 1.807) is 4.68 Å². The molecule has 3 rings (SSSR count). The normalized spacial score (nSPS) is 10.5. The molecule has 0 atom stereocenters. The van der Waals surface area contributed by atoms with E-state index in [2.05, 4.69) is 41.5 Å². The molecule has 1 aromatic carbocycles. The molecule has 0 radical (unpaired) electrons. The fourth-order valence-electron chi connectivity index (χ4n) is 1.95. The molecular formula is C13H10BrN7O3. The average Bonchev–Trinajstić information content (AvgIpc) is 3.15. The van der Waals surface area contributed by atoms with Gasteiger partial charge in [-0.2, -0.15) is 0 Å². The molecule has 0 spiro atoms. The van der Waals surface area contributed by atoms with Gasteiger partial charge in [0.15, 0.2) is 5.69 Å². The predicted octanol–water partition coefficient (Wildman–Crippen LogP) is 1.97. The van der Waals surface area contributed by atoms with Gasteiger partial charge in [-0.15, -0.1) is 10.2 Å². The molecule has 0 aliphatic heterocycles. The maximum atomic E-state index is 12.1. The van der Waals surface area contributed by atoms with Crippen molar-refractivity contribution >= 4 is 33.6 Å². The van der Waals surface area contributed by atoms with Crippen molar-refractivity contribution < 1.29 is 9.72 Å². The molecule has 0 saturated carbocycles. The second kappa shape index (κ2) is 6.58. The van der Waals surface area contributed by atoms with Gasteiger partial charge in [-0.3, -0.25) is 10.1 Å². The number of halogens is 1. The molecule has 3 aromatic rings. The van der Waals surface area contributed by atoms with E-state index in [-0.39, 0.29) is 16.1 Å². The van der Waals surface area contributed by atoms with E-state index in [1.807, 2.05) is 30.3 Å². The number of benzene rings is 1. The summed E-state index contributed by atoms with van der Waals surface area (Å²) >= 11 is 2.97. The molecule has 0 aliphatic rings. The van der Waals surface area contributed by atoms with Gasteiger partial charge < -0.3 is 10.1 Å². The summed E-state index contributed by atoms with van der Waals surface area (Å²) in [4.78, 5) is 26.1. The van der Waals surface area contributed by atoms with Gasteiger partial charge in [-0.25, -0.2) is 9.67 Å². The van der Waals surface area contributed by atoms with Gasteiger partial charge in [0, 0.05) is 0 Å². The molecule has 0 aliphatic carbocycles. The van der Waals surface area contributed by atoms with E-state index in [9.17, 15) is 14.9 Å². The summed E-state index contributed by atoms with van der Waals surface area (Å²) < 4.78 is 1.53. The summed E-state index contributed by atoms with van der Waals surface area (Å²) in [5, 5.41) is 23.1. The quantitative estimate of drug-likeness (QED) is 0.504. The third kappa shape index (κ3) is 3.30. The van der Waals surface area contributed by atoms with Crippen LogP contribution in [0.25, 0.3) is 0 Å². The van der Waals surface area contributed by atoms with Crippen LogP contribution in [0.4, 0.5) is 11.8 Å². The Kier molecular flexibility index (Phi) is 4.33. The molecule has 0 bridgehead atoms. The molecule has 122 valence electrons. The highest BCUT2D eigenvalue weighted by Crippen LogP contribution is 2.25. The summed E-state index contributed by atoms with van der Waals surface area (Å²) in [6, 6.07) is 9.63. The van der Waals surface area contributed by atoms with Crippen molar-refractivity contribution in [2.45, 2.75) is 6.54 Å². The molecule has 2 heterocycles. The van der Waals surface area contributed by atoms with E-state index in [4.69, 9.17) is 0 Å². The van der Waals surface area contributed by atoms with Crippen LogP contribution in [0.2, 0.25) is 0 Å². The van der Waals surface area contributed by atoms with Crippen LogP contribution in [0.1, 0.15) is 16.1 Å². The van der Waals surface area contributed by atoms with Gasteiger partial charge in [0.1, 0.15) is 10.8 Å². The van der Waals surface area contributed by atoms with E-state index in [0.717, 1.165) is 5.56 Å². The van der Waals surface area contributed by atoms with Gasteiger partial charge in [0.2, 0.25) is 5.95 Å². The van der Waals surface area contributed by atoms with E-state index < -0.39 is 16.6 Å². The number of carbonyl (C=O) groups is 1. The zero-order chi connectivity index (χ0) is 17.1. The topological polar surface area (TPSA) is 132 Å². The Hall–Kier alpha value is -3.08. The van der Waals surface area contributed by atoms with Crippen molar-refractivity contribution in [3.63, 3.8) is 0 Å². The maximum Gasteiger partial charge on any atom is 0.357 e. The van der Waals surface area contributed by atoms with Crippen LogP contribution in [0.3, 0.4) is 0 Å². The fraction of sp³-hybridized carbons (Fsp3) is 0.0769. The molecular weight excluding hydrogens is 382 g/mol. The Morgan fingerprint density at radius 1 is 1.38 bits per heavy atom. The number of nitrogens with zero attached hydrogens (tertiary/aromatic N) is 5. The highest BCUT2D eigenvalue weighted by Gasteiger charge is 2.25. The highest BCUT2D eigenvalue weighted by molar-refractivity contribution is 9.10. The summed E-state index contributed by atoms with van der Waals surface area (Å²) in [7, 11) is 0. The largest absolute Gasteiger partial charge is 0.358 e. The second-order valence-electron chi connectivity index (χ2n) is 4.70. The zero-order valence-electron chi connectivity index (χ0n) is 12.0. The van der Waals surface area contributed by atoms with Crippen LogP contribution in [-0.4, -0.2) is 35.8 Å². The highest BCUT2D eigenvalue weighted by atomic mass is 79.9. The number of hydrogen-bond donors (Lipinski definition) is 2. The first-order valence-corrected chi connectivity index (χ1v) is 7.47. The van der Waals surface area contributed by atoms with Gasteiger partial charge in [-0.1, -0.05) is 35.4 Å². The van der Waals surface area contributed by atoms with Gasteiger partial charge in [-0.05, 0) is 26.4 Å². The van der Waals surface area contributed by atoms with Gasteiger partial charge >= 0.3 is 5.82 Å². The molecule has 0 fully saturated rings. The Morgan fingerprint density at radius 3 is 2.79 bits per heavy atom. The Labute approximate surface area is 143 Å². The van der Waals surface area contributed by atoms with Crippen LogP contribution in [0, 0.1) is 10.1 Å². The molecule has 2 aromatic heterocycles. The van der Waals surface area contributed by atoms with Gasteiger partial charge in [0.25, 0.3) is 5.91 Å². The number of nitrogens with one attached hydrogen (secondary N) is 2. The van der Waals surface area contributed by atoms with Crippen molar-refractivity contribution in [3.8, 4) is 0 Å². The lowest BCUT2D eigenvalue weighted by molar-refractivity contribution is -0.390. The van der Waals surface area contributed by atoms with Crippen LogP contribution in [0.5, 0.6) is 0 Å². The molecule has 1 amide bonds. The van der Waals surface area contributed by atoms with E-state index in [1.165, 1.54) is 6.33 Å². The van der Waals surface area contributed by atoms with Crippen molar-refractivity contribution in [1.29, 1.82) is 0 Å². The number of H-pyrrole nitrogens is 1. The molecule has 0 unspecified atom stereocenters. The SMILES string of the molecule is O=C(Nc1ncn(Cc2ccccc2)n1)c1n[nH]c([N+](=O)[O-])c1Br. The third-order valence-corrected chi connectivity index (χ3v) is 3.79. The first-order valence-electron chi connectivity index (χ1n) is 6.67. The number of aromatic nitrogens is 5. The standard InChI is InChI=1S/C13H10BrN7O3/c14-9-10(17-18-11(9)21(23)24)12(22)16-13-15-7-20(19-13)6-8-4-2-1-3-5-8/h1-5,7H,6H2,(H,17,18)(H,16,19,22). The number of amides is 1. The number of nitro groups is 1. The fourth-order valence-corrected chi connectivity index (χ4v) is 2.45. The molecule has 10 nitrogen and oxygen atoms in total. The lowest BCUT2D eigenvalue weighted by Crippen LogP contribution is -2.14. The number of hydrogen-bond acceptors (Lipinski definition) is 6. The lowest BCUT2D eigenvalue weighted by atomic mass is 10.2. The second-order valence-corrected chi connectivity index (χ2v) is 5.49. The first kappa shape index (κ1) is 15.8. The van der Waals surface area contributed by atoms with Crippen molar-refractivity contribution in [2.24, 2.45) is 0 Å². The summed E-state index contributed by atoms with van der Waals surface area (Å²) in [6.07, 6.45) is 1.48. The van der Waals surface area contributed by atoms with Crippen LogP contribution >= 0.6 is 15.9 Å². The smallest absolute Gasteiger partial charge is 0.357 e. The minimum absolute atomic E-state index is 0.0336. The van der Waals surface area contributed by atoms with Gasteiger partial charge in [0.05, 0.1) is 6.54 Å². The molecule has 2 N–H and O–H groups in total. The minimum Gasteiger partial charge on any atom is -0.358 e. The number of rotatable bonds is 5. The van der Waals surface area contributed by atoms with Crippen LogP contribution in [-0.2, 0) is 6.54 Å². The van der Waals surface area contributed by atoms with Crippen LogP contribution in [0.15, 0.2) is 41.1 Å². The number of anilines is 1. The first-order chi connectivity index (χ1) is 11.5. The summed E-state index contributed by atoms with van der Waals surface area (Å²) in [5.41, 5.74) is 0.882. The summed E-state index contributed by atoms with van der Waals surface area (Å²) in [6.45, 7) is 0.501. The Morgan fingerprint density at radius 2 is 2.12 bits per heavy atom. The van der Waals surface area contributed by atoms with E-state index in [0.29, 0.717) is 6.54 Å². The molecule has 24 heavy (non-hydrogen) atoms. The zero-order valence-corrected chi connectivity index (χ0v) is 13.6. The number of aromatic amines is 1. The maximum absolute atomic E-state index is 12.1. The van der Waals surface area contributed by atoms with Crippen molar-refractivity contribution in [3.05, 3.63) is 62.5 Å².